The van der Waals surface area contributed by atoms with Gasteiger partial charge in [0.2, 0.25) is 0 Å². The standard InChI is InChI=1S/C18H23N5O2/c1-12(16-6-5-15(25-2)8-19-16)22-9-13(10-22)7-18(24)17-11-23(21-20-17)14-3-4-14/h5-6,8,11-14H,3-4,7,9-10H2,1-2H3. The van der Waals surface area contributed by atoms with Crippen LogP contribution in [0.25, 0.3) is 0 Å². The van der Waals surface area contributed by atoms with Crippen LogP contribution in [-0.4, -0.2) is 50.9 Å². The van der Waals surface area contributed by atoms with E-state index in [-0.39, 0.29) is 11.8 Å². The van der Waals surface area contributed by atoms with E-state index in [2.05, 4.69) is 27.1 Å². The summed E-state index contributed by atoms with van der Waals surface area (Å²) in [6.07, 6.45) is 6.39. The molecule has 25 heavy (non-hydrogen) atoms. The molecule has 1 atom stereocenters. The Morgan fingerprint density at radius 1 is 1.36 bits per heavy atom. The van der Waals surface area contributed by atoms with Gasteiger partial charge < -0.3 is 4.74 Å². The fraction of sp³-hybridized carbons (Fsp3) is 0.556. The van der Waals surface area contributed by atoms with Gasteiger partial charge in [-0.05, 0) is 37.8 Å². The van der Waals surface area contributed by atoms with E-state index < -0.39 is 0 Å². The molecule has 1 saturated carbocycles. The van der Waals surface area contributed by atoms with Gasteiger partial charge >= 0.3 is 0 Å². The first-order valence-electron chi connectivity index (χ1n) is 8.83. The number of Topliss-reactive ketones (excluding diaryl/α,β-unsaturated/α-hetero) is 1. The van der Waals surface area contributed by atoms with Crippen LogP contribution in [-0.2, 0) is 0 Å². The highest BCUT2D eigenvalue weighted by atomic mass is 16.5. The molecule has 2 aliphatic rings. The lowest BCUT2D eigenvalue weighted by atomic mass is 9.91. The van der Waals surface area contributed by atoms with Gasteiger partial charge in [-0.1, -0.05) is 5.21 Å². The van der Waals surface area contributed by atoms with Gasteiger partial charge in [-0.25, -0.2) is 4.68 Å². The van der Waals surface area contributed by atoms with E-state index in [1.807, 2.05) is 16.8 Å². The second-order valence-electron chi connectivity index (χ2n) is 7.06. The quantitative estimate of drug-likeness (QED) is 0.720. The van der Waals surface area contributed by atoms with E-state index in [1.54, 1.807) is 19.5 Å². The predicted octanol–water partition coefficient (Wildman–Crippen LogP) is 2.28. The molecule has 0 spiro atoms. The smallest absolute Gasteiger partial charge is 0.185 e. The van der Waals surface area contributed by atoms with Crippen LogP contribution in [0.3, 0.4) is 0 Å². The van der Waals surface area contributed by atoms with Crippen molar-refractivity contribution >= 4 is 5.78 Å². The summed E-state index contributed by atoms with van der Waals surface area (Å²) >= 11 is 0. The summed E-state index contributed by atoms with van der Waals surface area (Å²) in [5, 5.41) is 8.10. The van der Waals surface area contributed by atoms with Crippen LogP contribution in [0.2, 0.25) is 0 Å². The third-order valence-corrected chi connectivity index (χ3v) is 5.15. The lowest BCUT2D eigenvalue weighted by molar-refractivity contribution is 0.0489. The molecule has 132 valence electrons. The van der Waals surface area contributed by atoms with E-state index in [4.69, 9.17) is 4.74 Å². The van der Waals surface area contributed by atoms with Gasteiger partial charge in [0.15, 0.2) is 5.78 Å². The Labute approximate surface area is 147 Å². The summed E-state index contributed by atoms with van der Waals surface area (Å²) < 4.78 is 6.98. The molecule has 0 radical (unpaired) electrons. The largest absolute Gasteiger partial charge is 0.495 e. The first-order chi connectivity index (χ1) is 12.1. The van der Waals surface area contributed by atoms with Crippen LogP contribution < -0.4 is 4.74 Å². The van der Waals surface area contributed by atoms with Crippen molar-refractivity contribution in [3.63, 3.8) is 0 Å². The van der Waals surface area contributed by atoms with Crippen molar-refractivity contribution in [3.8, 4) is 5.75 Å². The molecule has 0 aromatic carbocycles. The van der Waals surface area contributed by atoms with Gasteiger partial charge in [-0.3, -0.25) is 14.7 Å². The van der Waals surface area contributed by atoms with Crippen molar-refractivity contribution in [1.29, 1.82) is 0 Å². The van der Waals surface area contributed by atoms with E-state index in [9.17, 15) is 4.79 Å². The van der Waals surface area contributed by atoms with E-state index in [1.165, 1.54) is 0 Å². The number of carbonyl (C=O) groups is 1. The van der Waals surface area contributed by atoms with Crippen molar-refractivity contribution in [1.82, 2.24) is 24.9 Å². The Bertz CT molecular complexity index is 747. The van der Waals surface area contributed by atoms with Crippen LogP contribution in [0.15, 0.2) is 24.5 Å². The average molecular weight is 341 g/mol. The average Bonchev–Trinajstić information content (AvgIpc) is 3.34. The molecule has 1 aliphatic heterocycles. The Morgan fingerprint density at radius 3 is 2.80 bits per heavy atom. The van der Waals surface area contributed by atoms with Crippen LogP contribution in [0, 0.1) is 5.92 Å². The fourth-order valence-electron chi connectivity index (χ4n) is 3.29. The lowest BCUT2D eigenvalue weighted by Gasteiger charge is -2.42. The molecule has 1 unspecified atom stereocenters. The molecule has 3 heterocycles. The number of hydrogen-bond donors (Lipinski definition) is 0. The Balaban J connectivity index is 1.28. The minimum Gasteiger partial charge on any atom is -0.495 e. The maximum Gasteiger partial charge on any atom is 0.185 e. The number of ether oxygens (including phenoxy) is 1. The van der Waals surface area contributed by atoms with E-state index in [0.29, 0.717) is 24.1 Å². The maximum atomic E-state index is 12.4. The minimum atomic E-state index is 0.103. The van der Waals surface area contributed by atoms with Gasteiger partial charge in [-0.15, -0.1) is 5.10 Å². The fourth-order valence-corrected chi connectivity index (χ4v) is 3.29. The highest BCUT2D eigenvalue weighted by Crippen LogP contribution is 2.34. The molecule has 2 aromatic rings. The van der Waals surface area contributed by atoms with Gasteiger partial charge in [0.05, 0.1) is 31.2 Å². The highest BCUT2D eigenvalue weighted by molar-refractivity contribution is 5.94. The Kier molecular flexibility index (Phi) is 4.25. The minimum absolute atomic E-state index is 0.103. The van der Waals surface area contributed by atoms with Crippen LogP contribution >= 0.6 is 0 Å². The second kappa shape index (κ2) is 6.55. The summed E-state index contributed by atoms with van der Waals surface area (Å²) in [5.41, 5.74) is 1.54. The number of nitrogens with zero attached hydrogens (tertiary/aromatic N) is 5. The molecular weight excluding hydrogens is 318 g/mol. The first kappa shape index (κ1) is 16.2. The van der Waals surface area contributed by atoms with Crippen molar-refractivity contribution in [2.75, 3.05) is 20.2 Å². The van der Waals surface area contributed by atoms with E-state index in [0.717, 1.165) is 37.4 Å². The summed E-state index contributed by atoms with van der Waals surface area (Å²) in [6, 6.07) is 4.64. The Hall–Kier alpha value is -2.28. The van der Waals surface area contributed by atoms with Crippen LogP contribution in [0.5, 0.6) is 5.75 Å². The number of methoxy groups -OCH3 is 1. The number of rotatable bonds is 7. The highest BCUT2D eigenvalue weighted by Gasteiger charge is 2.34. The maximum absolute atomic E-state index is 12.4. The molecule has 0 bridgehead atoms. The molecule has 7 nitrogen and oxygen atoms in total. The predicted molar refractivity (Wildman–Crippen MR) is 91.5 cm³/mol. The summed E-state index contributed by atoms with van der Waals surface area (Å²) in [6.45, 7) is 3.98. The number of hydrogen-bond acceptors (Lipinski definition) is 6. The molecular formula is C18H23N5O2. The monoisotopic (exact) mass is 341 g/mol. The Morgan fingerprint density at radius 2 is 2.16 bits per heavy atom. The first-order valence-corrected chi connectivity index (χ1v) is 8.83. The van der Waals surface area contributed by atoms with Crippen molar-refractivity contribution < 1.29 is 9.53 Å². The van der Waals surface area contributed by atoms with E-state index >= 15 is 0 Å². The molecule has 0 N–H and O–H groups in total. The lowest BCUT2D eigenvalue weighted by Crippen LogP contribution is -2.48. The zero-order valence-electron chi connectivity index (χ0n) is 14.6. The third-order valence-electron chi connectivity index (χ3n) is 5.15. The zero-order valence-corrected chi connectivity index (χ0v) is 14.6. The number of ketones is 1. The third kappa shape index (κ3) is 3.42. The topological polar surface area (TPSA) is 73.1 Å². The van der Waals surface area contributed by atoms with Crippen LogP contribution in [0.4, 0.5) is 0 Å². The summed E-state index contributed by atoms with van der Waals surface area (Å²) in [4.78, 5) is 19.2. The van der Waals surface area contributed by atoms with Gasteiger partial charge in [0, 0.05) is 25.6 Å². The van der Waals surface area contributed by atoms with Crippen molar-refractivity contribution in [3.05, 3.63) is 35.9 Å². The molecule has 7 heteroatoms. The summed E-state index contributed by atoms with van der Waals surface area (Å²) in [7, 11) is 1.64. The number of carbonyl (C=O) groups excluding carboxylic acids is 1. The zero-order chi connectivity index (χ0) is 17.4. The molecule has 0 amide bonds. The second-order valence-corrected chi connectivity index (χ2v) is 7.06. The summed E-state index contributed by atoms with van der Waals surface area (Å²) in [5.74, 6) is 1.26. The SMILES string of the molecule is COc1ccc(C(C)N2CC(CC(=O)c3cn(C4CC4)nn3)C2)nc1. The molecule has 1 saturated heterocycles. The van der Waals surface area contributed by atoms with Gasteiger partial charge in [-0.2, -0.15) is 0 Å². The van der Waals surface area contributed by atoms with Crippen molar-refractivity contribution in [2.24, 2.45) is 5.92 Å². The molecule has 2 fully saturated rings. The molecule has 2 aromatic heterocycles. The molecule has 1 aliphatic carbocycles. The normalized spacial score (nSPS) is 19.4. The molecule has 4 rings (SSSR count). The number of pyridine rings is 1. The van der Waals surface area contributed by atoms with Crippen molar-refractivity contribution in [2.45, 2.75) is 38.3 Å². The van der Waals surface area contributed by atoms with Gasteiger partial charge in [0.1, 0.15) is 11.4 Å². The number of aromatic nitrogens is 4. The van der Waals surface area contributed by atoms with Gasteiger partial charge in [0.25, 0.3) is 0 Å². The van der Waals surface area contributed by atoms with Crippen LogP contribution in [0.1, 0.15) is 54.5 Å². The number of likely N-dealkylation sites (tertiary alicyclic amines) is 1.